The second kappa shape index (κ2) is 2.64. The Labute approximate surface area is 71.7 Å². The van der Waals surface area contributed by atoms with Crippen LogP contribution in [0, 0.1) is 6.42 Å². The molecule has 0 spiro atoms. The first-order chi connectivity index (χ1) is 5.79. The fourth-order valence-electron chi connectivity index (χ4n) is 1.29. The summed E-state index contributed by atoms with van der Waals surface area (Å²) in [5, 5.41) is 10.8. The van der Waals surface area contributed by atoms with Crippen molar-refractivity contribution < 1.29 is 5.21 Å². The molecule has 0 atom stereocenters. The van der Waals surface area contributed by atoms with Gasteiger partial charge in [-0.25, -0.2) is 5.06 Å². The van der Waals surface area contributed by atoms with Gasteiger partial charge in [0.05, 0.1) is 5.69 Å². The highest BCUT2D eigenvalue weighted by Crippen LogP contribution is 2.28. The normalized spacial score (nSPS) is 15.5. The Bertz CT molecular complexity index is 330. The van der Waals surface area contributed by atoms with E-state index in [4.69, 9.17) is 0 Å². The Hall–Kier alpha value is -1.28. The standard InChI is InChI=1S/C10H10NO/c1-8-6-7-9-4-2-3-5-10(9)11(8)12/h2-7,12H,1H3. The Morgan fingerprint density at radius 3 is 2.83 bits per heavy atom. The minimum Gasteiger partial charge on any atom is -0.284 e. The van der Waals surface area contributed by atoms with Crippen molar-refractivity contribution in [3.05, 3.63) is 48.0 Å². The van der Waals surface area contributed by atoms with E-state index in [1.54, 1.807) is 0 Å². The number of hydroxylamine groups is 1. The summed E-state index contributed by atoms with van der Waals surface area (Å²) >= 11 is 0. The number of para-hydroxylation sites is 1. The zero-order valence-corrected chi connectivity index (χ0v) is 6.86. The second-order valence-corrected chi connectivity index (χ2v) is 2.85. The number of nitrogens with zero attached hydrogens (tertiary/aromatic N) is 1. The highest BCUT2D eigenvalue weighted by atomic mass is 16.5. The average molecular weight is 160 g/mol. The summed E-state index contributed by atoms with van der Waals surface area (Å²) in [6.45, 7) is 1.87. The van der Waals surface area contributed by atoms with Gasteiger partial charge >= 0.3 is 0 Å². The average Bonchev–Trinajstić information content (AvgIpc) is 2.12. The number of fused-ring (bicyclic) bond motifs is 1. The molecule has 61 valence electrons. The summed E-state index contributed by atoms with van der Waals surface area (Å²) in [4.78, 5) is 0. The maximum atomic E-state index is 9.57. The molecule has 1 aromatic rings. The van der Waals surface area contributed by atoms with Crippen molar-refractivity contribution in [2.45, 2.75) is 6.92 Å². The lowest BCUT2D eigenvalue weighted by atomic mass is 10.1. The molecule has 0 amide bonds. The molecule has 2 rings (SSSR count). The highest BCUT2D eigenvalue weighted by Gasteiger charge is 2.13. The van der Waals surface area contributed by atoms with Crippen LogP contribution in [0.2, 0.25) is 0 Å². The summed E-state index contributed by atoms with van der Waals surface area (Å²) in [5.74, 6) is 0. The van der Waals surface area contributed by atoms with E-state index in [0.29, 0.717) is 0 Å². The smallest absolute Gasteiger partial charge is 0.0727 e. The van der Waals surface area contributed by atoms with Crippen molar-refractivity contribution >= 4 is 5.69 Å². The van der Waals surface area contributed by atoms with E-state index in [9.17, 15) is 5.21 Å². The van der Waals surface area contributed by atoms with E-state index in [0.717, 1.165) is 16.9 Å². The van der Waals surface area contributed by atoms with Crippen LogP contribution >= 0.6 is 0 Å². The van der Waals surface area contributed by atoms with E-state index < -0.39 is 0 Å². The molecule has 1 aliphatic rings. The topological polar surface area (TPSA) is 23.5 Å². The molecule has 0 bridgehead atoms. The van der Waals surface area contributed by atoms with Gasteiger partial charge in [-0.05, 0) is 18.6 Å². The number of hydrogen-bond donors (Lipinski definition) is 1. The van der Waals surface area contributed by atoms with E-state index in [1.165, 1.54) is 5.06 Å². The van der Waals surface area contributed by atoms with E-state index in [2.05, 4.69) is 0 Å². The molecule has 0 saturated heterocycles. The number of allylic oxidation sites excluding steroid dienone is 2. The molecular weight excluding hydrogens is 150 g/mol. The summed E-state index contributed by atoms with van der Waals surface area (Å²) in [6.07, 6.45) is 3.89. The van der Waals surface area contributed by atoms with Crippen LogP contribution in [0.4, 0.5) is 5.69 Å². The largest absolute Gasteiger partial charge is 0.284 e. The van der Waals surface area contributed by atoms with Crippen LogP contribution in [-0.4, -0.2) is 5.21 Å². The third kappa shape index (κ3) is 1.01. The van der Waals surface area contributed by atoms with Crippen LogP contribution < -0.4 is 5.06 Å². The third-order valence-electron chi connectivity index (χ3n) is 2.00. The summed E-state index contributed by atoms with van der Waals surface area (Å²) in [6, 6.07) is 7.73. The first-order valence-corrected chi connectivity index (χ1v) is 3.89. The van der Waals surface area contributed by atoms with Crippen LogP contribution in [0.5, 0.6) is 0 Å². The first kappa shape index (κ1) is 7.37. The van der Waals surface area contributed by atoms with Gasteiger partial charge in [0.25, 0.3) is 0 Å². The Morgan fingerprint density at radius 2 is 2.00 bits per heavy atom. The predicted molar refractivity (Wildman–Crippen MR) is 47.9 cm³/mol. The molecule has 12 heavy (non-hydrogen) atoms. The molecule has 1 aliphatic heterocycles. The predicted octanol–water partition coefficient (Wildman–Crippen LogP) is 2.35. The zero-order valence-electron chi connectivity index (χ0n) is 6.86. The Kier molecular flexibility index (Phi) is 1.62. The quantitative estimate of drug-likeness (QED) is 0.629. The molecule has 2 nitrogen and oxygen atoms in total. The van der Waals surface area contributed by atoms with Gasteiger partial charge < -0.3 is 0 Å². The van der Waals surface area contributed by atoms with Crippen molar-refractivity contribution in [1.29, 1.82) is 0 Å². The van der Waals surface area contributed by atoms with Crippen molar-refractivity contribution in [1.82, 2.24) is 0 Å². The first-order valence-electron chi connectivity index (χ1n) is 3.89. The van der Waals surface area contributed by atoms with Gasteiger partial charge in [-0.2, -0.15) is 0 Å². The zero-order chi connectivity index (χ0) is 8.55. The summed E-state index contributed by atoms with van der Waals surface area (Å²) < 4.78 is 0. The monoisotopic (exact) mass is 160 g/mol. The molecule has 2 heteroatoms. The lowest BCUT2D eigenvalue weighted by Crippen LogP contribution is -2.19. The Balaban J connectivity index is 2.49. The molecule has 0 aliphatic carbocycles. The van der Waals surface area contributed by atoms with Gasteiger partial charge in [0.15, 0.2) is 0 Å². The fraction of sp³-hybridized carbons (Fsp3) is 0.100. The molecule has 0 aromatic heterocycles. The summed E-state index contributed by atoms with van der Waals surface area (Å²) in [7, 11) is 0. The van der Waals surface area contributed by atoms with Crippen molar-refractivity contribution in [3.63, 3.8) is 0 Å². The van der Waals surface area contributed by atoms with Gasteiger partial charge in [0.1, 0.15) is 0 Å². The van der Waals surface area contributed by atoms with Crippen LogP contribution in [0.3, 0.4) is 0 Å². The van der Waals surface area contributed by atoms with E-state index in [1.807, 2.05) is 43.7 Å². The lowest BCUT2D eigenvalue weighted by molar-refractivity contribution is 0.282. The van der Waals surface area contributed by atoms with Crippen LogP contribution in [0.15, 0.2) is 36.0 Å². The van der Waals surface area contributed by atoms with Gasteiger partial charge in [0, 0.05) is 12.1 Å². The van der Waals surface area contributed by atoms with E-state index in [-0.39, 0.29) is 0 Å². The number of rotatable bonds is 0. The lowest BCUT2D eigenvalue weighted by Gasteiger charge is -2.24. The molecule has 1 aromatic carbocycles. The fourth-order valence-corrected chi connectivity index (χ4v) is 1.29. The highest BCUT2D eigenvalue weighted by molar-refractivity contribution is 5.62. The van der Waals surface area contributed by atoms with Crippen LogP contribution in [0.25, 0.3) is 0 Å². The Morgan fingerprint density at radius 1 is 1.25 bits per heavy atom. The number of anilines is 1. The van der Waals surface area contributed by atoms with Gasteiger partial charge in [-0.3, -0.25) is 5.21 Å². The molecule has 0 fully saturated rings. The van der Waals surface area contributed by atoms with Gasteiger partial charge in [-0.15, -0.1) is 0 Å². The van der Waals surface area contributed by atoms with Crippen molar-refractivity contribution in [2.24, 2.45) is 0 Å². The SMILES string of the molecule is CC1=C[CH]c2ccccc2N1O. The van der Waals surface area contributed by atoms with Crippen LogP contribution in [-0.2, 0) is 0 Å². The van der Waals surface area contributed by atoms with E-state index >= 15 is 0 Å². The van der Waals surface area contributed by atoms with Gasteiger partial charge in [0.2, 0.25) is 0 Å². The molecule has 1 N–H and O–H groups in total. The maximum Gasteiger partial charge on any atom is 0.0727 e. The second-order valence-electron chi connectivity index (χ2n) is 2.85. The van der Waals surface area contributed by atoms with Crippen molar-refractivity contribution in [3.8, 4) is 0 Å². The minimum atomic E-state index is 0.841. The minimum absolute atomic E-state index is 0.841. The van der Waals surface area contributed by atoms with Crippen LogP contribution in [0.1, 0.15) is 12.5 Å². The molecule has 1 radical (unpaired) electrons. The maximum absolute atomic E-state index is 9.57. The van der Waals surface area contributed by atoms with Crippen molar-refractivity contribution in [2.75, 3.05) is 5.06 Å². The third-order valence-corrected chi connectivity index (χ3v) is 2.00. The summed E-state index contributed by atoms with van der Waals surface area (Å²) in [5.41, 5.74) is 2.73. The molecular formula is C10H10NO. The van der Waals surface area contributed by atoms with Gasteiger partial charge in [-0.1, -0.05) is 24.3 Å². The number of benzene rings is 1. The molecule has 0 saturated carbocycles. The molecule has 1 heterocycles. The number of hydrogen-bond acceptors (Lipinski definition) is 2. The molecule has 0 unspecified atom stereocenters.